The third-order valence-electron chi connectivity index (χ3n) is 5.89. The van der Waals surface area contributed by atoms with Gasteiger partial charge in [-0.3, -0.25) is 4.99 Å². The third-order valence-corrected chi connectivity index (χ3v) is 6.84. The van der Waals surface area contributed by atoms with Crippen molar-refractivity contribution in [1.29, 1.82) is 0 Å². The fraction of sp³-hybridized carbons (Fsp3) is 0.565. The van der Waals surface area contributed by atoms with Crippen LogP contribution in [0.3, 0.4) is 0 Å². The minimum absolute atomic E-state index is 0.762. The maximum Gasteiger partial charge on any atom is 0.194 e. The number of anilines is 2. The zero-order valence-electron chi connectivity index (χ0n) is 18.7. The molecule has 2 fully saturated rings. The number of hydrogen-bond donors (Lipinski definition) is 1. The molecule has 2 aliphatic heterocycles. The van der Waals surface area contributed by atoms with Gasteiger partial charge in [0.05, 0.1) is 18.5 Å². The SMILES string of the molecule is CCNC(=NCCc1csc(N2CCCC2)n1)N1CCN(c2ccccc2OC)CC1. The maximum atomic E-state index is 5.54. The number of nitrogens with one attached hydrogen (secondary N) is 1. The second-order valence-corrected chi connectivity index (χ2v) is 8.78. The molecular formula is C23H34N6OS. The number of methoxy groups -OCH3 is 1. The predicted octanol–water partition coefficient (Wildman–Crippen LogP) is 3.08. The van der Waals surface area contributed by atoms with Gasteiger partial charge in [-0.1, -0.05) is 12.1 Å². The van der Waals surface area contributed by atoms with Crippen LogP contribution in [0.25, 0.3) is 0 Å². The Bertz CT molecular complexity index is 855. The van der Waals surface area contributed by atoms with Crippen LogP contribution in [-0.2, 0) is 6.42 Å². The lowest BCUT2D eigenvalue weighted by Crippen LogP contribution is -2.52. The molecule has 0 radical (unpaired) electrons. The van der Waals surface area contributed by atoms with E-state index in [1.807, 2.05) is 12.1 Å². The molecule has 2 aliphatic rings. The summed E-state index contributed by atoms with van der Waals surface area (Å²) in [6, 6.07) is 8.26. The van der Waals surface area contributed by atoms with Crippen LogP contribution in [0.4, 0.5) is 10.8 Å². The van der Waals surface area contributed by atoms with Crippen LogP contribution in [0.1, 0.15) is 25.5 Å². The first-order chi connectivity index (χ1) is 15.3. The highest BCUT2D eigenvalue weighted by atomic mass is 32.1. The first-order valence-electron chi connectivity index (χ1n) is 11.4. The number of nitrogens with zero attached hydrogens (tertiary/aromatic N) is 5. The van der Waals surface area contributed by atoms with Crippen LogP contribution >= 0.6 is 11.3 Å². The lowest BCUT2D eigenvalue weighted by Gasteiger charge is -2.38. The summed E-state index contributed by atoms with van der Waals surface area (Å²) in [6.07, 6.45) is 3.46. The summed E-state index contributed by atoms with van der Waals surface area (Å²) in [5, 5.41) is 6.85. The van der Waals surface area contributed by atoms with Gasteiger partial charge in [-0.25, -0.2) is 4.98 Å². The second-order valence-electron chi connectivity index (χ2n) is 7.95. The number of hydrogen-bond acceptors (Lipinski definition) is 6. The topological polar surface area (TPSA) is 56.2 Å². The van der Waals surface area contributed by atoms with Crippen molar-refractivity contribution in [3.8, 4) is 5.75 Å². The molecule has 2 saturated heterocycles. The molecule has 4 rings (SSSR count). The monoisotopic (exact) mass is 442 g/mol. The summed E-state index contributed by atoms with van der Waals surface area (Å²) in [5.41, 5.74) is 2.33. The first kappa shape index (κ1) is 21.7. The second kappa shape index (κ2) is 10.7. The first-order valence-corrected chi connectivity index (χ1v) is 12.3. The average molecular weight is 443 g/mol. The van der Waals surface area contributed by atoms with Crippen LogP contribution < -0.4 is 19.9 Å². The average Bonchev–Trinajstić information content (AvgIpc) is 3.51. The van der Waals surface area contributed by atoms with E-state index < -0.39 is 0 Å². The standard InChI is InChI=1S/C23H34N6OS/c1-3-24-22(25-11-10-19-18-31-23(26-19)29-12-6-7-13-29)28-16-14-27(15-17-28)20-8-4-5-9-21(20)30-2/h4-5,8-9,18H,3,6-7,10-17H2,1-2H3,(H,24,25). The van der Waals surface area contributed by atoms with Crippen molar-refractivity contribution in [2.75, 3.05) is 69.3 Å². The van der Waals surface area contributed by atoms with E-state index in [1.54, 1.807) is 18.4 Å². The Hall–Kier alpha value is -2.48. The predicted molar refractivity (Wildman–Crippen MR) is 130 cm³/mol. The number of piperazine rings is 1. The Morgan fingerprint density at radius 1 is 1.10 bits per heavy atom. The van der Waals surface area contributed by atoms with Crippen molar-refractivity contribution in [2.45, 2.75) is 26.2 Å². The van der Waals surface area contributed by atoms with Crippen LogP contribution in [-0.4, -0.2) is 75.3 Å². The van der Waals surface area contributed by atoms with Crippen molar-refractivity contribution in [3.63, 3.8) is 0 Å². The molecule has 8 heteroatoms. The molecule has 1 N–H and O–H groups in total. The van der Waals surface area contributed by atoms with E-state index in [1.165, 1.54) is 23.7 Å². The van der Waals surface area contributed by atoms with Gasteiger partial charge in [0.25, 0.3) is 0 Å². The fourth-order valence-electron chi connectivity index (χ4n) is 4.22. The largest absolute Gasteiger partial charge is 0.495 e. The number of thiazole rings is 1. The van der Waals surface area contributed by atoms with Gasteiger partial charge in [-0.15, -0.1) is 11.3 Å². The Morgan fingerprint density at radius 3 is 2.61 bits per heavy atom. The van der Waals surface area contributed by atoms with E-state index in [2.05, 4.69) is 44.5 Å². The van der Waals surface area contributed by atoms with Gasteiger partial charge in [0.15, 0.2) is 11.1 Å². The molecule has 168 valence electrons. The van der Waals surface area contributed by atoms with Gasteiger partial charge < -0.3 is 24.8 Å². The zero-order valence-corrected chi connectivity index (χ0v) is 19.5. The van der Waals surface area contributed by atoms with Crippen molar-refractivity contribution >= 4 is 28.1 Å². The summed E-state index contributed by atoms with van der Waals surface area (Å²) in [7, 11) is 1.74. The number of rotatable bonds is 7. The molecule has 1 aromatic carbocycles. The van der Waals surface area contributed by atoms with E-state index in [-0.39, 0.29) is 0 Å². The number of benzene rings is 1. The lowest BCUT2D eigenvalue weighted by atomic mass is 10.2. The minimum Gasteiger partial charge on any atom is -0.495 e. The van der Waals surface area contributed by atoms with Crippen LogP contribution in [0.2, 0.25) is 0 Å². The summed E-state index contributed by atoms with van der Waals surface area (Å²) in [4.78, 5) is 16.9. The minimum atomic E-state index is 0.762. The highest BCUT2D eigenvalue weighted by Gasteiger charge is 2.21. The summed E-state index contributed by atoms with van der Waals surface area (Å²) in [6.45, 7) is 9.86. The molecule has 1 aromatic heterocycles. The maximum absolute atomic E-state index is 5.54. The van der Waals surface area contributed by atoms with Gasteiger partial charge in [0.2, 0.25) is 0 Å². The fourth-order valence-corrected chi connectivity index (χ4v) is 5.13. The summed E-state index contributed by atoms with van der Waals surface area (Å²) >= 11 is 1.77. The van der Waals surface area contributed by atoms with E-state index >= 15 is 0 Å². The molecular weight excluding hydrogens is 408 g/mol. The van der Waals surface area contributed by atoms with E-state index in [9.17, 15) is 0 Å². The molecule has 0 unspecified atom stereocenters. The Kier molecular flexibility index (Phi) is 7.51. The normalized spacial score (nSPS) is 17.4. The molecule has 0 atom stereocenters. The molecule has 0 aliphatic carbocycles. The van der Waals surface area contributed by atoms with Crippen molar-refractivity contribution in [2.24, 2.45) is 4.99 Å². The van der Waals surface area contributed by atoms with Gasteiger partial charge in [0.1, 0.15) is 5.75 Å². The molecule has 0 spiro atoms. The summed E-state index contributed by atoms with van der Waals surface area (Å²) < 4.78 is 5.54. The van der Waals surface area contributed by atoms with Crippen LogP contribution in [0, 0.1) is 0 Å². The molecule has 2 aromatic rings. The van der Waals surface area contributed by atoms with Crippen molar-refractivity contribution in [3.05, 3.63) is 35.3 Å². The highest BCUT2D eigenvalue weighted by molar-refractivity contribution is 7.13. The van der Waals surface area contributed by atoms with E-state index in [0.717, 1.165) is 76.2 Å². The smallest absolute Gasteiger partial charge is 0.194 e. The highest BCUT2D eigenvalue weighted by Crippen LogP contribution is 2.28. The zero-order chi connectivity index (χ0) is 21.5. The van der Waals surface area contributed by atoms with E-state index in [4.69, 9.17) is 14.7 Å². The molecule has 7 nitrogen and oxygen atoms in total. The summed E-state index contributed by atoms with van der Waals surface area (Å²) in [5.74, 6) is 1.95. The number of aliphatic imine (C=N–C) groups is 1. The van der Waals surface area contributed by atoms with Gasteiger partial charge in [0, 0.05) is 64.2 Å². The van der Waals surface area contributed by atoms with Crippen LogP contribution in [0.15, 0.2) is 34.6 Å². The van der Waals surface area contributed by atoms with Crippen molar-refractivity contribution < 1.29 is 4.74 Å². The number of ether oxygens (including phenoxy) is 1. The molecule has 0 amide bonds. The van der Waals surface area contributed by atoms with E-state index in [0.29, 0.717) is 0 Å². The molecule has 0 bridgehead atoms. The molecule has 0 saturated carbocycles. The third kappa shape index (κ3) is 5.42. The van der Waals surface area contributed by atoms with Crippen LogP contribution in [0.5, 0.6) is 5.75 Å². The number of para-hydroxylation sites is 2. The van der Waals surface area contributed by atoms with Gasteiger partial charge in [-0.2, -0.15) is 0 Å². The Labute approximate surface area is 189 Å². The van der Waals surface area contributed by atoms with Gasteiger partial charge >= 0.3 is 0 Å². The number of aromatic nitrogens is 1. The molecule has 31 heavy (non-hydrogen) atoms. The quantitative estimate of drug-likeness (QED) is 0.525. The Morgan fingerprint density at radius 2 is 1.87 bits per heavy atom. The molecule has 3 heterocycles. The lowest BCUT2D eigenvalue weighted by molar-refractivity contribution is 0.367. The Balaban J connectivity index is 1.32. The number of guanidine groups is 1. The van der Waals surface area contributed by atoms with Gasteiger partial charge in [-0.05, 0) is 31.9 Å². The van der Waals surface area contributed by atoms with Crippen molar-refractivity contribution in [1.82, 2.24) is 15.2 Å².